The molecule has 0 saturated carbocycles. The molecular weight excluding hydrogens is 429 g/mol. The van der Waals surface area contributed by atoms with Gasteiger partial charge in [-0.2, -0.15) is 0 Å². The molecule has 0 bridgehead atoms. The number of hydrogen-bond donors (Lipinski definition) is 1. The van der Waals surface area contributed by atoms with Crippen molar-refractivity contribution in [2.75, 3.05) is 23.3 Å². The van der Waals surface area contributed by atoms with Crippen molar-refractivity contribution in [3.8, 4) is 0 Å². The minimum absolute atomic E-state index is 0.0357. The zero-order chi connectivity index (χ0) is 19.0. The molecule has 1 fully saturated rings. The van der Waals surface area contributed by atoms with Gasteiger partial charge in [-0.1, -0.05) is 27.3 Å². The average molecular weight is 448 g/mol. The van der Waals surface area contributed by atoms with Gasteiger partial charge in [0.25, 0.3) is 0 Å². The zero-order valence-electron chi connectivity index (χ0n) is 14.8. The first-order valence-electron chi connectivity index (χ1n) is 8.87. The lowest BCUT2D eigenvalue weighted by atomic mass is 9.97. The summed E-state index contributed by atoms with van der Waals surface area (Å²) in [4.78, 5) is 19.5. The van der Waals surface area contributed by atoms with Crippen molar-refractivity contribution in [1.29, 1.82) is 0 Å². The van der Waals surface area contributed by atoms with E-state index in [9.17, 15) is 9.18 Å². The maximum absolute atomic E-state index is 13.4. The number of anilines is 2. The molecular formula is C20H19BrFN3OS. The summed E-state index contributed by atoms with van der Waals surface area (Å²) in [6, 6.07) is 10.5. The van der Waals surface area contributed by atoms with Crippen molar-refractivity contribution < 1.29 is 9.18 Å². The van der Waals surface area contributed by atoms with Crippen molar-refractivity contribution in [2.24, 2.45) is 5.92 Å². The van der Waals surface area contributed by atoms with Crippen LogP contribution < -0.4 is 10.2 Å². The van der Waals surface area contributed by atoms with Crippen LogP contribution in [0, 0.1) is 18.7 Å². The minimum Gasteiger partial charge on any atom is -0.347 e. The lowest BCUT2D eigenvalue weighted by Crippen LogP contribution is -2.40. The Bertz CT molecular complexity index is 1010. The Morgan fingerprint density at radius 3 is 3.00 bits per heavy atom. The van der Waals surface area contributed by atoms with E-state index in [-0.39, 0.29) is 17.6 Å². The second-order valence-corrected chi connectivity index (χ2v) is 8.71. The van der Waals surface area contributed by atoms with Crippen molar-refractivity contribution in [3.63, 3.8) is 0 Å². The number of halogens is 2. The number of benzene rings is 2. The topological polar surface area (TPSA) is 45.2 Å². The molecule has 1 amide bonds. The second kappa shape index (κ2) is 7.56. The molecule has 1 unspecified atom stereocenters. The van der Waals surface area contributed by atoms with Crippen molar-refractivity contribution in [2.45, 2.75) is 19.8 Å². The van der Waals surface area contributed by atoms with E-state index in [2.05, 4.69) is 31.1 Å². The number of hydrogen-bond acceptors (Lipinski definition) is 4. The van der Waals surface area contributed by atoms with Gasteiger partial charge in [-0.05, 0) is 61.7 Å². The van der Waals surface area contributed by atoms with Gasteiger partial charge < -0.3 is 10.2 Å². The van der Waals surface area contributed by atoms with Crippen molar-refractivity contribution in [1.82, 2.24) is 4.98 Å². The van der Waals surface area contributed by atoms with Gasteiger partial charge in [0.15, 0.2) is 5.13 Å². The summed E-state index contributed by atoms with van der Waals surface area (Å²) < 4.78 is 15.3. The molecule has 1 aliphatic rings. The SMILES string of the molecule is Cc1cc(NC(=O)C2CCCN(c3nc4ccc(F)cc4s3)C2)ccc1Br. The number of carbonyl (C=O) groups excluding carboxylic acids is 1. The van der Waals surface area contributed by atoms with E-state index in [0.717, 1.165) is 50.5 Å². The molecule has 1 N–H and O–H groups in total. The number of rotatable bonds is 3. The summed E-state index contributed by atoms with van der Waals surface area (Å²) in [5, 5.41) is 3.89. The molecule has 0 aliphatic carbocycles. The number of carbonyl (C=O) groups is 1. The summed E-state index contributed by atoms with van der Waals surface area (Å²) in [6.07, 6.45) is 1.79. The van der Waals surface area contributed by atoms with Crippen molar-refractivity contribution in [3.05, 3.63) is 52.3 Å². The van der Waals surface area contributed by atoms with E-state index in [1.165, 1.54) is 23.5 Å². The normalized spacial score (nSPS) is 17.3. The van der Waals surface area contributed by atoms with Gasteiger partial charge in [-0.15, -0.1) is 0 Å². The standard InChI is InChI=1S/C20H19BrFN3OS/c1-12-9-15(5-6-16(12)21)23-19(26)13-3-2-8-25(11-13)20-24-17-7-4-14(22)10-18(17)27-20/h4-7,9-10,13H,2-3,8,11H2,1H3,(H,23,26). The van der Waals surface area contributed by atoms with E-state index in [4.69, 9.17) is 0 Å². The van der Waals surface area contributed by atoms with Crippen LogP contribution >= 0.6 is 27.3 Å². The number of fused-ring (bicyclic) bond motifs is 1. The van der Waals surface area contributed by atoms with Crippen LogP contribution in [0.4, 0.5) is 15.2 Å². The maximum Gasteiger partial charge on any atom is 0.229 e. The summed E-state index contributed by atoms with van der Waals surface area (Å²) in [7, 11) is 0. The quantitative estimate of drug-likeness (QED) is 0.587. The molecule has 3 aromatic rings. The molecule has 7 heteroatoms. The first-order valence-corrected chi connectivity index (χ1v) is 10.5. The Morgan fingerprint density at radius 1 is 1.33 bits per heavy atom. The summed E-state index contributed by atoms with van der Waals surface area (Å²) in [5.41, 5.74) is 2.70. The predicted octanol–water partition coefficient (Wildman–Crippen LogP) is 5.36. The Hall–Kier alpha value is -1.99. The van der Waals surface area contributed by atoms with Gasteiger partial charge in [0.1, 0.15) is 5.82 Å². The van der Waals surface area contributed by atoms with Crippen LogP contribution in [0.2, 0.25) is 0 Å². The van der Waals surface area contributed by atoms with Gasteiger partial charge >= 0.3 is 0 Å². The Morgan fingerprint density at radius 2 is 2.19 bits per heavy atom. The maximum atomic E-state index is 13.4. The van der Waals surface area contributed by atoms with Crippen LogP contribution in [0.15, 0.2) is 40.9 Å². The molecule has 0 spiro atoms. The highest BCUT2D eigenvalue weighted by Crippen LogP contribution is 2.32. The molecule has 1 aromatic heterocycles. The number of piperidine rings is 1. The fraction of sp³-hybridized carbons (Fsp3) is 0.300. The van der Waals surface area contributed by atoms with Crippen LogP contribution in [0.5, 0.6) is 0 Å². The molecule has 1 aliphatic heterocycles. The van der Waals surface area contributed by atoms with E-state index in [0.29, 0.717) is 6.54 Å². The largest absolute Gasteiger partial charge is 0.347 e. The highest BCUT2D eigenvalue weighted by atomic mass is 79.9. The summed E-state index contributed by atoms with van der Waals surface area (Å²) in [5.74, 6) is -0.307. The van der Waals surface area contributed by atoms with E-state index >= 15 is 0 Å². The van der Waals surface area contributed by atoms with Gasteiger partial charge in [0.2, 0.25) is 5.91 Å². The molecule has 4 nitrogen and oxygen atoms in total. The number of nitrogens with one attached hydrogen (secondary N) is 1. The number of thiazole rings is 1. The van der Waals surface area contributed by atoms with Crippen LogP contribution in [-0.4, -0.2) is 24.0 Å². The van der Waals surface area contributed by atoms with Crippen LogP contribution in [0.1, 0.15) is 18.4 Å². The number of aryl methyl sites for hydroxylation is 1. The van der Waals surface area contributed by atoms with E-state index in [1.807, 2.05) is 25.1 Å². The summed E-state index contributed by atoms with van der Waals surface area (Å²) >= 11 is 4.95. The monoisotopic (exact) mass is 447 g/mol. The summed E-state index contributed by atoms with van der Waals surface area (Å²) in [6.45, 7) is 3.49. The molecule has 0 radical (unpaired) electrons. The fourth-order valence-electron chi connectivity index (χ4n) is 3.35. The third-order valence-corrected chi connectivity index (χ3v) is 6.80. The smallest absolute Gasteiger partial charge is 0.229 e. The van der Waals surface area contributed by atoms with Gasteiger partial charge in [-0.3, -0.25) is 4.79 Å². The Kier molecular flexibility index (Phi) is 5.14. The van der Waals surface area contributed by atoms with Crippen molar-refractivity contribution >= 4 is 54.2 Å². The zero-order valence-corrected chi connectivity index (χ0v) is 17.2. The van der Waals surface area contributed by atoms with Gasteiger partial charge in [-0.25, -0.2) is 9.37 Å². The first-order chi connectivity index (χ1) is 13.0. The fourth-order valence-corrected chi connectivity index (χ4v) is 4.63. The number of aromatic nitrogens is 1. The molecule has 4 rings (SSSR count). The lowest BCUT2D eigenvalue weighted by molar-refractivity contribution is -0.120. The highest BCUT2D eigenvalue weighted by molar-refractivity contribution is 9.10. The van der Waals surface area contributed by atoms with Crippen LogP contribution in [0.3, 0.4) is 0 Å². The third-order valence-electron chi connectivity index (χ3n) is 4.83. The molecule has 2 aromatic carbocycles. The van der Waals surface area contributed by atoms with Gasteiger partial charge in [0.05, 0.1) is 16.1 Å². The minimum atomic E-state index is -0.251. The number of nitrogens with zero attached hydrogens (tertiary/aromatic N) is 2. The van der Waals surface area contributed by atoms with Crippen LogP contribution in [-0.2, 0) is 4.79 Å². The Labute approximate surface area is 169 Å². The third kappa shape index (κ3) is 3.99. The highest BCUT2D eigenvalue weighted by Gasteiger charge is 2.27. The molecule has 1 saturated heterocycles. The van der Waals surface area contributed by atoms with E-state index < -0.39 is 0 Å². The van der Waals surface area contributed by atoms with Gasteiger partial charge in [0, 0.05) is 23.2 Å². The lowest BCUT2D eigenvalue weighted by Gasteiger charge is -2.31. The second-order valence-electron chi connectivity index (χ2n) is 6.85. The number of amides is 1. The Balaban J connectivity index is 1.48. The van der Waals surface area contributed by atoms with E-state index in [1.54, 1.807) is 6.07 Å². The molecule has 27 heavy (non-hydrogen) atoms. The van der Waals surface area contributed by atoms with Crippen LogP contribution in [0.25, 0.3) is 10.2 Å². The predicted molar refractivity (Wildman–Crippen MR) is 112 cm³/mol. The molecule has 1 atom stereocenters. The first kappa shape index (κ1) is 18.4. The molecule has 140 valence electrons. The average Bonchev–Trinajstić information content (AvgIpc) is 3.08. The molecule has 2 heterocycles.